The zero-order valence-corrected chi connectivity index (χ0v) is 12.3. The van der Waals surface area contributed by atoms with Crippen LogP contribution in [0.25, 0.3) is 10.9 Å². The molecule has 5 heteroatoms. The van der Waals surface area contributed by atoms with E-state index in [4.69, 9.17) is 4.74 Å². The van der Waals surface area contributed by atoms with Crippen molar-refractivity contribution in [2.75, 3.05) is 19.7 Å². The van der Waals surface area contributed by atoms with Crippen LogP contribution >= 0.6 is 0 Å². The molecule has 1 aromatic heterocycles. The molecule has 21 heavy (non-hydrogen) atoms. The zero-order chi connectivity index (χ0) is 14.7. The van der Waals surface area contributed by atoms with Gasteiger partial charge in [-0.25, -0.2) is 0 Å². The molecule has 1 aliphatic rings. The Kier molecular flexibility index (Phi) is 4.20. The fourth-order valence-corrected chi connectivity index (χ4v) is 2.82. The van der Waals surface area contributed by atoms with Gasteiger partial charge >= 0.3 is 0 Å². The first-order valence-corrected chi connectivity index (χ1v) is 7.63. The van der Waals surface area contributed by atoms with Crippen LogP contribution in [-0.4, -0.2) is 46.8 Å². The van der Waals surface area contributed by atoms with Gasteiger partial charge in [-0.2, -0.15) is 5.10 Å². The minimum absolute atomic E-state index is 0.00255. The minimum Gasteiger partial charge on any atom is -0.376 e. The van der Waals surface area contributed by atoms with Crippen molar-refractivity contribution in [3.8, 4) is 0 Å². The maximum Gasteiger partial charge on any atom is 0.275 e. The van der Waals surface area contributed by atoms with Crippen LogP contribution in [0.1, 0.15) is 36.7 Å². The summed E-state index contributed by atoms with van der Waals surface area (Å²) in [6.45, 7) is 4.31. The van der Waals surface area contributed by atoms with Gasteiger partial charge in [0, 0.05) is 25.1 Å². The van der Waals surface area contributed by atoms with E-state index in [1.54, 1.807) is 0 Å². The summed E-state index contributed by atoms with van der Waals surface area (Å²) in [6.07, 6.45) is 3.19. The molecule has 1 saturated heterocycles. The van der Waals surface area contributed by atoms with Crippen molar-refractivity contribution in [2.24, 2.45) is 0 Å². The lowest BCUT2D eigenvalue weighted by Crippen LogP contribution is -2.43. The highest BCUT2D eigenvalue weighted by Gasteiger charge is 2.27. The Morgan fingerprint density at radius 3 is 3.19 bits per heavy atom. The average molecular weight is 287 g/mol. The number of fused-ring (bicyclic) bond motifs is 1. The second kappa shape index (κ2) is 6.26. The first-order valence-electron chi connectivity index (χ1n) is 7.63. The fourth-order valence-electron chi connectivity index (χ4n) is 2.82. The van der Waals surface area contributed by atoms with Gasteiger partial charge in [0.25, 0.3) is 5.91 Å². The Bertz CT molecular complexity index is 623. The molecule has 0 radical (unpaired) electrons. The van der Waals surface area contributed by atoms with E-state index >= 15 is 0 Å². The van der Waals surface area contributed by atoms with Gasteiger partial charge in [0.05, 0.1) is 11.6 Å². The number of hydrogen-bond acceptors (Lipinski definition) is 3. The molecule has 1 N–H and O–H groups in total. The highest BCUT2D eigenvalue weighted by molar-refractivity contribution is 6.04. The quantitative estimate of drug-likeness (QED) is 0.940. The lowest BCUT2D eigenvalue weighted by Gasteiger charge is -2.32. The molecule has 2 aromatic rings. The zero-order valence-electron chi connectivity index (χ0n) is 12.3. The molecule has 2 heterocycles. The Balaban J connectivity index is 1.75. The van der Waals surface area contributed by atoms with Crippen molar-refractivity contribution in [2.45, 2.75) is 32.3 Å². The van der Waals surface area contributed by atoms with Gasteiger partial charge in [-0.05, 0) is 25.3 Å². The Morgan fingerprint density at radius 1 is 1.48 bits per heavy atom. The van der Waals surface area contributed by atoms with Crippen LogP contribution in [-0.2, 0) is 4.74 Å². The summed E-state index contributed by atoms with van der Waals surface area (Å²) in [6, 6.07) is 7.73. The number of amides is 1. The molecule has 5 nitrogen and oxygen atoms in total. The summed E-state index contributed by atoms with van der Waals surface area (Å²) in [7, 11) is 0. The van der Waals surface area contributed by atoms with Crippen LogP contribution in [0.3, 0.4) is 0 Å². The molecule has 1 fully saturated rings. The molecule has 1 unspecified atom stereocenters. The lowest BCUT2D eigenvalue weighted by molar-refractivity contribution is 0.00198. The van der Waals surface area contributed by atoms with Crippen LogP contribution in [0, 0.1) is 0 Å². The van der Waals surface area contributed by atoms with E-state index < -0.39 is 0 Å². The molecular weight excluding hydrogens is 266 g/mol. The SMILES string of the molecule is CCCOC1CCCN(C(=O)c2n[nH]c3ccccc23)C1. The molecule has 3 rings (SSSR count). The van der Waals surface area contributed by atoms with Crippen molar-refractivity contribution in [3.05, 3.63) is 30.0 Å². The van der Waals surface area contributed by atoms with Crippen molar-refractivity contribution in [1.29, 1.82) is 0 Å². The van der Waals surface area contributed by atoms with Gasteiger partial charge in [-0.15, -0.1) is 0 Å². The molecule has 0 spiro atoms. The number of aromatic nitrogens is 2. The maximum absolute atomic E-state index is 12.7. The smallest absolute Gasteiger partial charge is 0.275 e. The second-order valence-electron chi connectivity index (χ2n) is 5.50. The van der Waals surface area contributed by atoms with E-state index in [2.05, 4.69) is 17.1 Å². The number of piperidine rings is 1. The van der Waals surface area contributed by atoms with Gasteiger partial charge < -0.3 is 9.64 Å². The third-order valence-corrected chi connectivity index (χ3v) is 3.90. The first kappa shape index (κ1) is 14.1. The van der Waals surface area contributed by atoms with Crippen LogP contribution in [0.5, 0.6) is 0 Å². The van der Waals surface area contributed by atoms with E-state index in [9.17, 15) is 4.79 Å². The molecule has 1 aromatic carbocycles. The lowest BCUT2D eigenvalue weighted by atomic mass is 10.1. The summed E-state index contributed by atoms with van der Waals surface area (Å²) in [5.41, 5.74) is 1.42. The number of aromatic amines is 1. The van der Waals surface area contributed by atoms with Crippen LogP contribution < -0.4 is 0 Å². The van der Waals surface area contributed by atoms with Crippen LogP contribution in [0.15, 0.2) is 24.3 Å². The van der Waals surface area contributed by atoms with Gasteiger partial charge in [0.15, 0.2) is 5.69 Å². The summed E-state index contributed by atoms with van der Waals surface area (Å²) in [5, 5.41) is 8.01. The number of carbonyl (C=O) groups excluding carboxylic acids is 1. The third-order valence-electron chi connectivity index (χ3n) is 3.90. The standard InChI is InChI=1S/C16H21N3O2/c1-2-10-21-12-6-5-9-19(11-12)16(20)15-13-7-3-4-8-14(13)17-18-15/h3-4,7-8,12H,2,5-6,9-11H2,1H3,(H,17,18). The van der Waals surface area contributed by atoms with Crippen molar-refractivity contribution < 1.29 is 9.53 Å². The highest BCUT2D eigenvalue weighted by atomic mass is 16.5. The first-order chi connectivity index (χ1) is 10.3. The number of hydrogen-bond donors (Lipinski definition) is 1. The molecule has 1 aliphatic heterocycles. The molecule has 112 valence electrons. The Hall–Kier alpha value is -1.88. The number of nitrogens with one attached hydrogen (secondary N) is 1. The molecule has 0 saturated carbocycles. The van der Waals surface area contributed by atoms with E-state index in [1.807, 2.05) is 29.2 Å². The van der Waals surface area contributed by atoms with Crippen LogP contribution in [0.4, 0.5) is 0 Å². The van der Waals surface area contributed by atoms with Crippen molar-refractivity contribution in [3.63, 3.8) is 0 Å². The van der Waals surface area contributed by atoms with Gasteiger partial charge in [0.2, 0.25) is 0 Å². The predicted molar refractivity (Wildman–Crippen MR) is 81.3 cm³/mol. The van der Waals surface area contributed by atoms with Gasteiger partial charge in [-0.3, -0.25) is 9.89 Å². The van der Waals surface area contributed by atoms with Gasteiger partial charge in [-0.1, -0.05) is 25.1 Å². The predicted octanol–water partition coefficient (Wildman–Crippen LogP) is 2.59. The number of carbonyl (C=O) groups is 1. The Labute approximate surface area is 124 Å². The molecule has 1 atom stereocenters. The third kappa shape index (κ3) is 2.93. The molecule has 0 aliphatic carbocycles. The molecule has 1 amide bonds. The minimum atomic E-state index is -0.00255. The summed E-state index contributed by atoms with van der Waals surface area (Å²) < 4.78 is 5.80. The number of ether oxygens (including phenoxy) is 1. The van der Waals surface area contributed by atoms with Crippen molar-refractivity contribution >= 4 is 16.8 Å². The van der Waals surface area contributed by atoms with E-state index in [1.165, 1.54) is 0 Å². The van der Waals surface area contributed by atoms with Crippen LogP contribution in [0.2, 0.25) is 0 Å². The average Bonchev–Trinajstić information content (AvgIpc) is 2.96. The number of likely N-dealkylation sites (tertiary alicyclic amines) is 1. The van der Waals surface area contributed by atoms with E-state index in [0.717, 1.165) is 43.3 Å². The maximum atomic E-state index is 12.7. The fraction of sp³-hybridized carbons (Fsp3) is 0.500. The normalized spacial score (nSPS) is 19.1. The van der Waals surface area contributed by atoms with Gasteiger partial charge in [0.1, 0.15) is 0 Å². The number of rotatable bonds is 4. The number of H-pyrrole nitrogens is 1. The van der Waals surface area contributed by atoms with E-state index in [-0.39, 0.29) is 12.0 Å². The number of nitrogens with zero attached hydrogens (tertiary/aromatic N) is 2. The number of para-hydroxylation sites is 1. The second-order valence-corrected chi connectivity index (χ2v) is 5.50. The monoisotopic (exact) mass is 287 g/mol. The summed E-state index contributed by atoms with van der Waals surface area (Å²) >= 11 is 0. The number of benzene rings is 1. The van der Waals surface area contributed by atoms with E-state index in [0.29, 0.717) is 12.2 Å². The summed E-state index contributed by atoms with van der Waals surface area (Å²) in [5.74, 6) is -0.00255. The largest absolute Gasteiger partial charge is 0.376 e. The Morgan fingerprint density at radius 2 is 2.33 bits per heavy atom. The molecular formula is C16H21N3O2. The topological polar surface area (TPSA) is 58.2 Å². The highest BCUT2D eigenvalue weighted by Crippen LogP contribution is 2.20. The molecule has 0 bridgehead atoms. The summed E-state index contributed by atoms with van der Waals surface area (Å²) in [4.78, 5) is 14.5. The van der Waals surface area contributed by atoms with Crippen molar-refractivity contribution in [1.82, 2.24) is 15.1 Å².